The molecule has 44 heavy (non-hydrogen) atoms. The number of pyridine rings is 1. The average molecular weight is 579 g/mol. The van der Waals surface area contributed by atoms with E-state index in [0.717, 1.165) is 18.4 Å². The minimum absolute atomic E-state index is 0.0815. The highest BCUT2D eigenvalue weighted by molar-refractivity contribution is 6.19. The standard InChI is InChI=1S/C33H27BFN9/c34-33(24-9-4-6-21(14-24)17-37,30-20-44(43-42-30)26-11-12-26)41-25-15-27-31(23(18-38)19-39-32(27)28(35)16-25)40-29(10-5-13-36)22-7-2-1-3-8-22/h1-4,6-9,14-16,19-20,26,29,41-43H,5,10-12H2,(H,39,40)/t29-,33?/m1/s1. The summed E-state index contributed by atoms with van der Waals surface area (Å²) < 4.78 is 15.8. The van der Waals surface area contributed by atoms with Gasteiger partial charge in [0, 0.05) is 35.9 Å². The fraction of sp³-hybridized carbons (Fsp3) is 0.212. The number of hydrazine groups is 2. The molecule has 1 fully saturated rings. The molecule has 1 aliphatic carbocycles. The van der Waals surface area contributed by atoms with Gasteiger partial charge < -0.3 is 16.1 Å². The second-order valence-corrected chi connectivity index (χ2v) is 10.9. The highest BCUT2D eigenvalue weighted by atomic mass is 19.1. The lowest BCUT2D eigenvalue weighted by Gasteiger charge is -2.34. The Morgan fingerprint density at radius 1 is 1.07 bits per heavy atom. The molecule has 1 unspecified atom stereocenters. The minimum Gasteiger partial charge on any atom is -0.378 e. The summed E-state index contributed by atoms with van der Waals surface area (Å²) >= 11 is 0. The molecule has 9 nitrogen and oxygen atoms in total. The summed E-state index contributed by atoms with van der Waals surface area (Å²) in [6, 6.07) is 26.1. The van der Waals surface area contributed by atoms with Crippen molar-refractivity contribution in [1.82, 2.24) is 21.0 Å². The maximum Gasteiger partial charge on any atom is 0.151 e. The number of rotatable bonds is 10. The first-order valence-electron chi connectivity index (χ1n) is 14.2. The predicted molar refractivity (Wildman–Crippen MR) is 165 cm³/mol. The summed E-state index contributed by atoms with van der Waals surface area (Å²) in [6.07, 6.45) is 6.07. The van der Waals surface area contributed by atoms with Crippen LogP contribution in [0.15, 0.2) is 84.8 Å². The Morgan fingerprint density at radius 2 is 1.89 bits per heavy atom. The summed E-state index contributed by atoms with van der Waals surface area (Å²) in [5.74, 6) is -0.606. The molecule has 2 atom stereocenters. The first-order valence-corrected chi connectivity index (χ1v) is 14.2. The van der Waals surface area contributed by atoms with Gasteiger partial charge in [-0.15, -0.1) is 5.53 Å². The van der Waals surface area contributed by atoms with E-state index in [2.05, 4.69) is 44.8 Å². The maximum absolute atomic E-state index is 15.8. The van der Waals surface area contributed by atoms with E-state index in [1.165, 1.54) is 12.3 Å². The van der Waals surface area contributed by atoms with E-state index in [1.54, 1.807) is 30.3 Å². The van der Waals surface area contributed by atoms with Crippen molar-refractivity contribution in [2.45, 2.75) is 43.2 Å². The fourth-order valence-corrected chi connectivity index (χ4v) is 5.40. The highest BCUT2D eigenvalue weighted by Crippen LogP contribution is 2.38. The van der Waals surface area contributed by atoms with Gasteiger partial charge in [-0.1, -0.05) is 42.5 Å². The number of aromatic nitrogens is 1. The van der Waals surface area contributed by atoms with Crippen LogP contribution in [0, 0.1) is 39.8 Å². The van der Waals surface area contributed by atoms with Crippen LogP contribution >= 0.6 is 0 Å². The smallest absolute Gasteiger partial charge is 0.151 e. The molecular weight excluding hydrogens is 552 g/mol. The minimum atomic E-state index is -1.41. The number of nitrogens with one attached hydrogen (secondary N) is 4. The highest BCUT2D eigenvalue weighted by Gasteiger charge is 2.38. The van der Waals surface area contributed by atoms with Gasteiger partial charge in [0.25, 0.3) is 0 Å². The van der Waals surface area contributed by atoms with Crippen LogP contribution in [0.3, 0.4) is 0 Å². The quantitative estimate of drug-likeness (QED) is 0.184. The molecule has 2 radical (unpaired) electrons. The van der Waals surface area contributed by atoms with Gasteiger partial charge >= 0.3 is 0 Å². The zero-order valence-corrected chi connectivity index (χ0v) is 23.7. The van der Waals surface area contributed by atoms with E-state index in [9.17, 15) is 15.8 Å². The summed E-state index contributed by atoms with van der Waals surface area (Å²) in [4.78, 5) is 4.26. The van der Waals surface area contributed by atoms with E-state index >= 15 is 4.39 Å². The number of fused-ring (bicyclic) bond motifs is 1. The van der Waals surface area contributed by atoms with Gasteiger partial charge in [-0.3, -0.25) is 9.99 Å². The van der Waals surface area contributed by atoms with Crippen molar-refractivity contribution in [1.29, 1.82) is 15.8 Å². The zero-order chi connectivity index (χ0) is 30.7. The van der Waals surface area contributed by atoms with Crippen LogP contribution in [0.4, 0.5) is 15.8 Å². The lowest BCUT2D eigenvalue weighted by molar-refractivity contribution is 0.260. The van der Waals surface area contributed by atoms with Crippen molar-refractivity contribution in [2.24, 2.45) is 0 Å². The monoisotopic (exact) mass is 579 g/mol. The van der Waals surface area contributed by atoms with Gasteiger partial charge in [0.15, 0.2) is 5.82 Å². The number of nitriles is 3. The first kappa shape index (κ1) is 28.5. The molecule has 214 valence electrons. The normalized spacial score (nSPS) is 16.0. The van der Waals surface area contributed by atoms with Gasteiger partial charge in [-0.25, -0.2) is 4.39 Å². The Hall–Kier alpha value is -5.57. The van der Waals surface area contributed by atoms with Crippen LogP contribution in [-0.4, -0.2) is 23.9 Å². The lowest BCUT2D eigenvalue weighted by atomic mass is 9.69. The molecule has 1 aromatic heterocycles. The molecule has 2 heterocycles. The Bertz CT molecular complexity index is 1870. The summed E-state index contributed by atoms with van der Waals surface area (Å²) in [6.45, 7) is 0. The number of hydrogen-bond donors (Lipinski definition) is 4. The van der Waals surface area contributed by atoms with Crippen molar-refractivity contribution >= 4 is 30.1 Å². The maximum atomic E-state index is 15.8. The Kier molecular flexibility index (Phi) is 7.77. The van der Waals surface area contributed by atoms with Crippen LogP contribution in [0.1, 0.15) is 54.0 Å². The number of anilines is 2. The van der Waals surface area contributed by atoms with Gasteiger partial charge in [-0.2, -0.15) is 15.8 Å². The molecule has 1 saturated carbocycles. The topological polar surface area (TPSA) is 136 Å². The predicted octanol–water partition coefficient (Wildman–Crippen LogP) is 5.34. The van der Waals surface area contributed by atoms with Gasteiger partial charge in [0.1, 0.15) is 19.4 Å². The summed E-state index contributed by atoms with van der Waals surface area (Å²) in [5, 5.41) is 38.0. The van der Waals surface area contributed by atoms with E-state index < -0.39 is 11.3 Å². The van der Waals surface area contributed by atoms with Crippen molar-refractivity contribution in [3.05, 3.63) is 113 Å². The number of nitrogens with zero attached hydrogens (tertiary/aromatic N) is 5. The second kappa shape index (κ2) is 12.0. The molecule has 0 amide bonds. The van der Waals surface area contributed by atoms with Gasteiger partial charge in [-0.05, 0) is 54.7 Å². The van der Waals surface area contributed by atoms with E-state index in [4.69, 9.17) is 7.85 Å². The third kappa shape index (κ3) is 5.59. The first-order chi connectivity index (χ1) is 21.4. The fourth-order valence-electron chi connectivity index (χ4n) is 5.40. The third-order valence-corrected chi connectivity index (χ3v) is 7.85. The number of halogens is 1. The molecule has 0 bridgehead atoms. The van der Waals surface area contributed by atoms with Crippen LogP contribution in [0.2, 0.25) is 0 Å². The molecule has 4 aromatic rings. The van der Waals surface area contributed by atoms with E-state index in [-0.39, 0.29) is 23.5 Å². The van der Waals surface area contributed by atoms with Gasteiger partial charge in [0.2, 0.25) is 0 Å². The molecule has 1 aliphatic heterocycles. The molecule has 3 aromatic carbocycles. The van der Waals surface area contributed by atoms with Crippen LogP contribution in [-0.2, 0) is 5.44 Å². The molecule has 6 rings (SSSR count). The average Bonchev–Trinajstić information content (AvgIpc) is 3.78. The van der Waals surface area contributed by atoms with Crippen molar-refractivity contribution in [2.75, 3.05) is 10.6 Å². The van der Waals surface area contributed by atoms with Gasteiger partial charge in [0.05, 0.1) is 46.1 Å². The van der Waals surface area contributed by atoms with Crippen LogP contribution < -0.4 is 21.6 Å². The number of hydrogen-bond acceptors (Lipinski definition) is 9. The van der Waals surface area contributed by atoms with Crippen molar-refractivity contribution in [3.8, 4) is 18.2 Å². The Labute approximate surface area is 256 Å². The lowest BCUT2D eigenvalue weighted by Crippen LogP contribution is -2.45. The molecule has 11 heteroatoms. The largest absolute Gasteiger partial charge is 0.378 e. The molecule has 0 saturated heterocycles. The SMILES string of the molecule is [B]C(Nc1cc(F)c2ncc(C#N)c(N[C@H](CCC#N)c3ccccc3)c2c1)(C1=CN(C2CC2)NN1)c1cccc(C#N)c1. The third-order valence-electron chi connectivity index (χ3n) is 7.85. The van der Waals surface area contributed by atoms with E-state index in [1.807, 2.05) is 41.5 Å². The zero-order valence-electron chi connectivity index (χ0n) is 23.7. The van der Waals surface area contributed by atoms with Crippen molar-refractivity contribution in [3.63, 3.8) is 0 Å². The number of benzene rings is 3. The van der Waals surface area contributed by atoms with Crippen LogP contribution in [0.25, 0.3) is 10.9 Å². The molecular formula is C33H27BFN9. The molecule has 2 aliphatic rings. The van der Waals surface area contributed by atoms with Crippen molar-refractivity contribution < 1.29 is 4.39 Å². The molecule has 4 N–H and O–H groups in total. The van der Waals surface area contributed by atoms with Crippen LogP contribution in [0.5, 0.6) is 0 Å². The Morgan fingerprint density at radius 3 is 2.61 bits per heavy atom. The van der Waals surface area contributed by atoms with E-state index in [0.29, 0.717) is 46.0 Å². The summed E-state index contributed by atoms with van der Waals surface area (Å²) in [5.41, 5.74) is 8.43. The second-order valence-electron chi connectivity index (χ2n) is 10.9. The molecule has 0 spiro atoms. The Balaban J connectivity index is 1.45. The summed E-state index contributed by atoms with van der Waals surface area (Å²) in [7, 11) is 7.11.